The molecule has 1 aliphatic heterocycles. The number of hydrogen-bond donors (Lipinski definition) is 1. The van der Waals surface area contributed by atoms with Crippen molar-refractivity contribution < 1.29 is 9.53 Å². The second-order valence-electron chi connectivity index (χ2n) is 2.77. The minimum absolute atomic E-state index is 0.0741. The third-order valence-corrected chi connectivity index (χ3v) is 2.02. The highest BCUT2D eigenvalue weighted by molar-refractivity contribution is 5.73. The van der Waals surface area contributed by atoms with Gasteiger partial charge in [0.25, 0.3) is 0 Å². The lowest BCUT2D eigenvalue weighted by Crippen LogP contribution is -2.22. The van der Waals surface area contributed by atoms with Gasteiger partial charge in [-0.15, -0.1) is 0 Å². The Morgan fingerprint density at radius 2 is 2.30 bits per heavy atom. The zero-order valence-electron chi connectivity index (χ0n) is 6.39. The Labute approximate surface area is 60.7 Å². The summed E-state index contributed by atoms with van der Waals surface area (Å²) in [6, 6.07) is 0. The first-order valence-corrected chi connectivity index (χ1v) is 3.54. The van der Waals surface area contributed by atoms with E-state index in [1.54, 1.807) is 0 Å². The maximum Gasteiger partial charge on any atom is 0.310 e. The van der Waals surface area contributed by atoms with E-state index < -0.39 is 0 Å². The molecule has 0 bridgehead atoms. The van der Waals surface area contributed by atoms with Crippen LogP contribution in [0.3, 0.4) is 0 Å². The third-order valence-electron chi connectivity index (χ3n) is 2.02. The molecule has 0 radical (unpaired) electrons. The summed E-state index contributed by atoms with van der Waals surface area (Å²) < 4.78 is 4.63. The smallest absolute Gasteiger partial charge is 0.310 e. The summed E-state index contributed by atoms with van der Waals surface area (Å²) in [5.41, 5.74) is 0. The number of carbonyl (C=O) groups excluding carboxylic acids is 1. The van der Waals surface area contributed by atoms with Crippen LogP contribution in [0.15, 0.2) is 0 Å². The van der Waals surface area contributed by atoms with Crippen molar-refractivity contribution in [2.24, 2.45) is 11.8 Å². The summed E-state index contributed by atoms with van der Waals surface area (Å²) in [6.07, 6.45) is 0. The standard InChI is InChI=1S/C7H13NO2/c1-5-3-8-4-6(5)7(9)10-2/h5-6,8H,3-4H2,1-2H3/t5-,6-/m1/s1. The Bertz CT molecular complexity index is 136. The van der Waals surface area contributed by atoms with Gasteiger partial charge in [-0.3, -0.25) is 4.79 Å². The van der Waals surface area contributed by atoms with Gasteiger partial charge in [0.05, 0.1) is 13.0 Å². The first-order chi connectivity index (χ1) is 4.75. The molecule has 0 aromatic carbocycles. The zero-order valence-corrected chi connectivity index (χ0v) is 6.39. The van der Waals surface area contributed by atoms with E-state index in [4.69, 9.17) is 0 Å². The Morgan fingerprint density at radius 3 is 2.70 bits per heavy atom. The minimum Gasteiger partial charge on any atom is -0.469 e. The molecule has 2 atom stereocenters. The number of esters is 1. The fraction of sp³-hybridized carbons (Fsp3) is 0.857. The van der Waals surface area contributed by atoms with Gasteiger partial charge in [-0.1, -0.05) is 6.92 Å². The van der Waals surface area contributed by atoms with Crippen molar-refractivity contribution in [3.8, 4) is 0 Å². The van der Waals surface area contributed by atoms with Crippen molar-refractivity contribution in [1.29, 1.82) is 0 Å². The van der Waals surface area contributed by atoms with E-state index >= 15 is 0 Å². The first-order valence-electron chi connectivity index (χ1n) is 3.54. The van der Waals surface area contributed by atoms with E-state index in [0.29, 0.717) is 5.92 Å². The number of carbonyl (C=O) groups is 1. The van der Waals surface area contributed by atoms with E-state index in [1.807, 2.05) is 0 Å². The molecule has 1 fully saturated rings. The van der Waals surface area contributed by atoms with Crippen LogP contribution in [-0.4, -0.2) is 26.2 Å². The van der Waals surface area contributed by atoms with Crippen molar-refractivity contribution in [3.63, 3.8) is 0 Å². The van der Waals surface area contributed by atoms with Gasteiger partial charge in [0.15, 0.2) is 0 Å². The van der Waals surface area contributed by atoms with Gasteiger partial charge in [-0.25, -0.2) is 0 Å². The molecule has 0 spiro atoms. The molecule has 58 valence electrons. The maximum atomic E-state index is 11.0. The molecule has 0 aromatic heterocycles. The summed E-state index contributed by atoms with van der Waals surface area (Å²) in [6.45, 7) is 3.76. The summed E-state index contributed by atoms with van der Waals surface area (Å²) in [7, 11) is 1.44. The van der Waals surface area contributed by atoms with Crippen molar-refractivity contribution >= 4 is 5.97 Å². The normalized spacial score (nSPS) is 32.2. The van der Waals surface area contributed by atoms with Gasteiger partial charge in [0.1, 0.15) is 0 Å². The van der Waals surface area contributed by atoms with Crippen LogP contribution in [0.2, 0.25) is 0 Å². The van der Waals surface area contributed by atoms with E-state index in [2.05, 4.69) is 17.0 Å². The van der Waals surface area contributed by atoms with Gasteiger partial charge < -0.3 is 10.1 Å². The SMILES string of the molecule is COC(=O)[C@@H]1CNC[C@H]1C. The monoisotopic (exact) mass is 143 g/mol. The third kappa shape index (κ3) is 1.29. The van der Waals surface area contributed by atoms with E-state index in [1.165, 1.54) is 7.11 Å². The van der Waals surface area contributed by atoms with Gasteiger partial charge in [0, 0.05) is 6.54 Å². The molecular formula is C7H13NO2. The molecule has 1 aliphatic rings. The van der Waals surface area contributed by atoms with Crippen molar-refractivity contribution in [2.45, 2.75) is 6.92 Å². The predicted octanol–water partition coefficient (Wildman–Crippen LogP) is 0.0149. The Hall–Kier alpha value is -0.570. The van der Waals surface area contributed by atoms with Gasteiger partial charge in [-0.05, 0) is 12.5 Å². The first kappa shape index (κ1) is 7.54. The Morgan fingerprint density at radius 1 is 1.60 bits per heavy atom. The second kappa shape index (κ2) is 3.01. The maximum absolute atomic E-state index is 11.0. The lowest BCUT2D eigenvalue weighted by Gasteiger charge is -2.09. The topological polar surface area (TPSA) is 38.3 Å². The van der Waals surface area contributed by atoms with Crippen LogP contribution in [0, 0.1) is 11.8 Å². The summed E-state index contributed by atoms with van der Waals surface area (Å²) in [5, 5.41) is 3.14. The van der Waals surface area contributed by atoms with Crippen LogP contribution in [-0.2, 0) is 9.53 Å². The molecule has 1 N–H and O–H groups in total. The highest BCUT2D eigenvalue weighted by atomic mass is 16.5. The summed E-state index contributed by atoms with van der Waals surface area (Å²) >= 11 is 0. The van der Waals surface area contributed by atoms with Crippen LogP contribution in [0.5, 0.6) is 0 Å². The number of hydrogen-bond acceptors (Lipinski definition) is 3. The molecule has 3 heteroatoms. The molecule has 0 saturated carbocycles. The van der Waals surface area contributed by atoms with E-state index in [0.717, 1.165) is 13.1 Å². The fourth-order valence-electron chi connectivity index (χ4n) is 1.28. The number of rotatable bonds is 1. The second-order valence-corrected chi connectivity index (χ2v) is 2.77. The zero-order chi connectivity index (χ0) is 7.56. The molecule has 1 rings (SSSR count). The quantitative estimate of drug-likeness (QED) is 0.526. The van der Waals surface area contributed by atoms with Crippen LogP contribution in [0.4, 0.5) is 0 Å². The van der Waals surface area contributed by atoms with Crippen molar-refractivity contribution in [2.75, 3.05) is 20.2 Å². The van der Waals surface area contributed by atoms with Crippen molar-refractivity contribution in [3.05, 3.63) is 0 Å². The van der Waals surface area contributed by atoms with Gasteiger partial charge >= 0.3 is 5.97 Å². The largest absolute Gasteiger partial charge is 0.469 e. The molecule has 1 heterocycles. The Kier molecular flexibility index (Phi) is 2.27. The van der Waals surface area contributed by atoms with E-state index in [-0.39, 0.29) is 11.9 Å². The number of methoxy groups -OCH3 is 1. The molecule has 0 aromatic rings. The van der Waals surface area contributed by atoms with Crippen molar-refractivity contribution in [1.82, 2.24) is 5.32 Å². The molecular weight excluding hydrogens is 130 g/mol. The average Bonchev–Trinajstić information content (AvgIpc) is 2.34. The van der Waals surface area contributed by atoms with Crippen LogP contribution in [0.25, 0.3) is 0 Å². The van der Waals surface area contributed by atoms with Gasteiger partial charge in [0.2, 0.25) is 0 Å². The average molecular weight is 143 g/mol. The van der Waals surface area contributed by atoms with Crippen LogP contribution >= 0.6 is 0 Å². The summed E-state index contributed by atoms with van der Waals surface area (Å²) in [5.74, 6) is 0.412. The van der Waals surface area contributed by atoms with Crippen LogP contribution in [0.1, 0.15) is 6.92 Å². The van der Waals surface area contributed by atoms with Gasteiger partial charge in [-0.2, -0.15) is 0 Å². The minimum atomic E-state index is -0.0856. The van der Waals surface area contributed by atoms with Crippen LogP contribution < -0.4 is 5.32 Å². The highest BCUT2D eigenvalue weighted by Crippen LogP contribution is 2.16. The van der Waals surface area contributed by atoms with E-state index in [9.17, 15) is 4.79 Å². The molecule has 10 heavy (non-hydrogen) atoms. The molecule has 0 unspecified atom stereocenters. The molecule has 3 nitrogen and oxygen atoms in total. The fourth-order valence-corrected chi connectivity index (χ4v) is 1.28. The lowest BCUT2D eigenvalue weighted by atomic mass is 9.99. The number of ether oxygens (including phenoxy) is 1. The lowest BCUT2D eigenvalue weighted by molar-refractivity contribution is -0.145. The molecule has 0 amide bonds. The number of nitrogens with one attached hydrogen (secondary N) is 1. The molecule has 1 saturated heterocycles. The Balaban J connectivity index is 2.46. The summed E-state index contributed by atoms with van der Waals surface area (Å²) in [4.78, 5) is 11.0. The molecule has 0 aliphatic carbocycles. The predicted molar refractivity (Wildman–Crippen MR) is 37.5 cm³/mol. The highest BCUT2D eigenvalue weighted by Gasteiger charge is 2.29.